The Balaban J connectivity index is 2.33. The van der Waals surface area contributed by atoms with E-state index in [1.165, 1.54) is 0 Å². The number of hydrazine groups is 1. The van der Waals surface area contributed by atoms with Crippen molar-refractivity contribution >= 4 is 0 Å². The Morgan fingerprint density at radius 1 is 1.89 bits per heavy atom. The first-order chi connectivity index (χ1) is 4.34. The predicted molar refractivity (Wildman–Crippen MR) is 34.6 cm³/mol. The monoisotopic (exact) mass is 127 g/mol. The van der Waals surface area contributed by atoms with E-state index < -0.39 is 0 Å². The van der Waals surface area contributed by atoms with Crippen LogP contribution in [-0.4, -0.2) is 11.1 Å². The van der Waals surface area contributed by atoms with Crippen LogP contribution in [0.2, 0.25) is 0 Å². The molecule has 0 spiro atoms. The number of hydrogen-bond donors (Lipinski definition) is 1. The van der Waals surface area contributed by atoms with Gasteiger partial charge in [-0.15, -0.1) is 0 Å². The third-order valence-electron chi connectivity index (χ3n) is 1.31. The van der Waals surface area contributed by atoms with E-state index in [4.69, 9.17) is 4.84 Å². The number of nitrogens with one attached hydrogen (secondary N) is 1. The van der Waals surface area contributed by atoms with E-state index in [2.05, 4.69) is 19.4 Å². The highest BCUT2D eigenvalue weighted by atomic mass is 16.7. The molecule has 1 heterocycles. The zero-order valence-corrected chi connectivity index (χ0v) is 5.50. The zero-order valence-electron chi connectivity index (χ0n) is 5.50. The minimum Gasteiger partial charge on any atom is -0.395 e. The molecule has 0 aromatic carbocycles. The van der Waals surface area contributed by atoms with Gasteiger partial charge in [0, 0.05) is 6.04 Å². The van der Waals surface area contributed by atoms with Gasteiger partial charge in [-0.3, -0.25) is 5.01 Å². The van der Waals surface area contributed by atoms with Gasteiger partial charge < -0.3 is 4.84 Å². The fourth-order valence-corrected chi connectivity index (χ4v) is 0.611. The Kier molecular flexibility index (Phi) is 1.95. The van der Waals surface area contributed by atoms with E-state index in [1.54, 1.807) is 6.26 Å². The fraction of sp³-hybridized carbons (Fsp3) is 0.500. The lowest BCUT2D eigenvalue weighted by Crippen LogP contribution is -2.35. The van der Waals surface area contributed by atoms with Crippen molar-refractivity contribution in [1.82, 2.24) is 10.6 Å². The van der Waals surface area contributed by atoms with Crippen molar-refractivity contribution in [2.24, 2.45) is 0 Å². The molecule has 51 valence electrons. The molecule has 1 radical (unpaired) electrons. The van der Waals surface area contributed by atoms with E-state index in [9.17, 15) is 0 Å². The van der Waals surface area contributed by atoms with Crippen LogP contribution < -0.4 is 5.59 Å². The normalized spacial score (nSPS) is 20.0. The molecule has 0 aromatic rings. The van der Waals surface area contributed by atoms with Crippen LogP contribution in [-0.2, 0) is 4.84 Å². The van der Waals surface area contributed by atoms with Crippen LogP contribution in [0, 0.1) is 6.92 Å². The molecule has 3 nitrogen and oxygen atoms in total. The lowest BCUT2D eigenvalue weighted by molar-refractivity contribution is 0.0196. The Morgan fingerprint density at radius 2 is 2.67 bits per heavy atom. The van der Waals surface area contributed by atoms with Crippen LogP contribution in [0.25, 0.3) is 0 Å². The minimum atomic E-state index is 0.253. The summed E-state index contributed by atoms with van der Waals surface area (Å²) in [6, 6.07) is 0.253. The summed E-state index contributed by atoms with van der Waals surface area (Å²) in [5.74, 6) is 0. The van der Waals surface area contributed by atoms with Gasteiger partial charge >= 0.3 is 0 Å². The third kappa shape index (κ3) is 1.36. The summed E-state index contributed by atoms with van der Waals surface area (Å²) in [4.78, 5) is 4.74. The summed E-state index contributed by atoms with van der Waals surface area (Å²) in [6.07, 6.45) is 4.41. The van der Waals surface area contributed by atoms with Crippen molar-refractivity contribution in [3.05, 3.63) is 19.4 Å². The molecular weight excluding hydrogens is 116 g/mol. The quantitative estimate of drug-likeness (QED) is 0.594. The maximum absolute atomic E-state index is 4.74. The summed E-state index contributed by atoms with van der Waals surface area (Å²) < 4.78 is 0. The van der Waals surface area contributed by atoms with Crippen LogP contribution in [0.4, 0.5) is 0 Å². The summed E-state index contributed by atoms with van der Waals surface area (Å²) in [7, 11) is 0. The average molecular weight is 127 g/mol. The molecule has 0 fully saturated rings. The van der Waals surface area contributed by atoms with E-state index in [-0.39, 0.29) is 6.04 Å². The van der Waals surface area contributed by atoms with E-state index in [0.717, 1.165) is 6.42 Å². The maximum Gasteiger partial charge on any atom is 0.131 e. The second kappa shape index (κ2) is 2.73. The van der Waals surface area contributed by atoms with Crippen molar-refractivity contribution in [2.45, 2.75) is 19.4 Å². The van der Waals surface area contributed by atoms with Crippen LogP contribution in [0.1, 0.15) is 13.3 Å². The number of rotatable bonds is 2. The first-order valence-electron chi connectivity index (χ1n) is 3.04. The Morgan fingerprint density at radius 3 is 3.11 bits per heavy atom. The van der Waals surface area contributed by atoms with E-state index in [1.807, 2.05) is 11.2 Å². The molecule has 1 rings (SSSR count). The van der Waals surface area contributed by atoms with Gasteiger partial charge in [-0.2, -0.15) is 0 Å². The van der Waals surface area contributed by atoms with Gasteiger partial charge in [0.15, 0.2) is 0 Å². The molecule has 0 aromatic heterocycles. The molecule has 3 heteroatoms. The molecule has 1 aliphatic heterocycles. The van der Waals surface area contributed by atoms with Gasteiger partial charge in [0.25, 0.3) is 0 Å². The van der Waals surface area contributed by atoms with Crippen LogP contribution in [0.5, 0.6) is 0 Å². The van der Waals surface area contributed by atoms with Gasteiger partial charge in [0.1, 0.15) is 6.26 Å². The predicted octanol–water partition coefficient (Wildman–Crippen LogP) is 0.822. The molecule has 0 aliphatic carbocycles. The molecular formula is C6H11N2O. The summed E-state index contributed by atoms with van der Waals surface area (Å²) in [5.41, 5.74) is 2.67. The Hall–Kier alpha value is -0.700. The van der Waals surface area contributed by atoms with Gasteiger partial charge in [-0.1, -0.05) is 12.5 Å². The first kappa shape index (κ1) is 6.42. The number of hydrogen-bond acceptors (Lipinski definition) is 3. The largest absolute Gasteiger partial charge is 0.395 e. The van der Waals surface area contributed by atoms with Gasteiger partial charge in [-0.05, 0) is 13.3 Å². The highest BCUT2D eigenvalue weighted by Crippen LogP contribution is 2.03. The molecule has 1 atom stereocenters. The van der Waals surface area contributed by atoms with Crippen molar-refractivity contribution < 1.29 is 4.84 Å². The SMILES string of the molecule is [CH2]C(CC)N1C=CON1. The van der Waals surface area contributed by atoms with Crippen molar-refractivity contribution in [1.29, 1.82) is 0 Å². The van der Waals surface area contributed by atoms with E-state index in [0.29, 0.717) is 0 Å². The van der Waals surface area contributed by atoms with Crippen molar-refractivity contribution in [3.8, 4) is 0 Å². The smallest absolute Gasteiger partial charge is 0.131 e. The summed E-state index contributed by atoms with van der Waals surface area (Å²) in [5, 5.41) is 1.82. The molecule has 0 bridgehead atoms. The second-order valence-corrected chi connectivity index (χ2v) is 1.96. The zero-order chi connectivity index (χ0) is 6.69. The molecule has 1 aliphatic rings. The van der Waals surface area contributed by atoms with Crippen molar-refractivity contribution in [3.63, 3.8) is 0 Å². The van der Waals surface area contributed by atoms with Gasteiger partial charge in [0.05, 0.1) is 6.20 Å². The van der Waals surface area contributed by atoms with E-state index >= 15 is 0 Å². The number of nitrogens with zero attached hydrogens (tertiary/aromatic N) is 1. The van der Waals surface area contributed by atoms with Crippen LogP contribution >= 0.6 is 0 Å². The Bertz CT molecular complexity index is 114. The highest BCUT2D eigenvalue weighted by molar-refractivity contribution is 4.82. The Labute approximate surface area is 55.2 Å². The van der Waals surface area contributed by atoms with Crippen LogP contribution in [0.3, 0.4) is 0 Å². The van der Waals surface area contributed by atoms with Crippen LogP contribution in [0.15, 0.2) is 12.5 Å². The standard InChI is InChI=1S/C6H11N2O/c1-3-6(2)8-4-5-9-7-8/h4-7H,2-3H2,1H3. The second-order valence-electron chi connectivity index (χ2n) is 1.96. The molecule has 0 amide bonds. The highest BCUT2D eigenvalue weighted by Gasteiger charge is 2.10. The first-order valence-corrected chi connectivity index (χ1v) is 3.04. The summed E-state index contributed by atoms with van der Waals surface area (Å²) >= 11 is 0. The lowest BCUT2D eigenvalue weighted by atomic mass is 10.3. The fourth-order valence-electron chi connectivity index (χ4n) is 0.611. The van der Waals surface area contributed by atoms with Crippen molar-refractivity contribution in [2.75, 3.05) is 0 Å². The van der Waals surface area contributed by atoms with Gasteiger partial charge in [-0.25, -0.2) is 0 Å². The molecule has 1 unspecified atom stereocenters. The minimum absolute atomic E-state index is 0.253. The topological polar surface area (TPSA) is 24.5 Å². The average Bonchev–Trinajstić information content (AvgIpc) is 2.37. The van der Waals surface area contributed by atoms with Gasteiger partial charge in [0.2, 0.25) is 0 Å². The maximum atomic E-state index is 4.74. The molecule has 9 heavy (non-hydrogen) atoms. The molecule has 0 saturated carbocycles. The summed E-state index contributed by atoms with van der Waals surface area (Å²) in [6.45, 7) is 5.95. The lowest BCUT2D eigenvalue weighted by Gasteiger charge is -2.20. The molecule has 0 saturated heterocycles. The third-order valence-corrected chi connectivity index (χ3v) is 1.31. The molecule has 1 N–H and O–H groups in total.